The number of rotatable bonds is 7. The van der Waals surface area contributed by atoms with Gasteiger partial charge >= 0.3 is 0 Å². The lowest BCUT2D eigenvalue weighted by Crippen LogP contribution is -2.49. The zero-order valence-electron chi connectivity index (χ0n) is 16.4. The van der Waals surface area contributed by atoms with Crippen molar-refractivity contribution in [1.82, 2.24) is 10.3 Å². The normalized spacial score (nSPS) is 17.1. The molecule has 1 aromatic carbocycles. The van der Waals surface area contributed by atoms with E-state index in [-0.39, 0.29) is 17.8 Å². The average Bonchev–Trinajstić information content (AvgIpc) is 2.71. The fourth-order valence-corrected chi connectivity index (χ4v) is 3.68. The highest BCUT2D eigenvalue weighted by Gasteiger charge is 2.41. The molecule has 2 aromatic rings. The average molecular weight is 386 g/mol. The molecule has 1 atom stereocenters. The predicted molar refractivity (Wildman–Crippen MR) is 105 cm³/mol. The van der Waals surface area contributed by atoms with Crippen LogP contribution in [0.2, 0.25) is 0 Å². The zero-order valence-corrected chi connectivity index (χ0v) is 16.4. The van der Waals surface area contributed by atoms with Gasteiger partial charge in [0, 0.05) is 44.3 Å². The summed E-state index contributed by atoms with van der Waals surface area (Å²) in [5, 5.41) is 3.02. The van der Waals surface area contributed by atoms with Crippen LogP contribution in [0.25, 0.3) is 11.1 Å². The second-order valence-electron chi connectivity index (χ2n) is 7.45. The summed E-state index contributed by atoms with van der Waals surface area (Å²) in [5.74, 6) is -0.360. The molecule has 1 N–H and O–H groups in total. The number of carbonyl (C=O) groups excluding carboxylic acids is 1. The maximum atomic E-state index is 14.9. The number of methoxy groups -OCH3 is 1. The molecule has 0 radical (unpaired) electrons. The number of hydrogen-bond donors (Lipinski definition) is 1. The first-order chi connectivity index (χ1) is 13.5. The molecule has 0 aliphatic carbocycles. The van der Waals surface area contributed by atoms with E-state index in [1.807, 2.05) is 25.1 Å². The van der Waals surface area contributed by atoms with Gasteiger partial charge < -0.3 is 14.8 Å². The van der Waals surface area contributed by atoms with Gasteiger partial charge in [-0.1, -0.05) is 18.2 Å². The van der Waals surface area contributed by atoms with E-state index in [2.05, 4.69) is 10.3 Å². The lowest BCUT2D eigenvalue weighted by atomic mass is 9.74. The zero-order chi connectivity index (χ0) is 20.0. The first-order valence-corrected chi connectivity index (χ1v) is 9.60. The van der Waals surface area contributed by atoms with E-state index in [9.17, 15) is 9.18 Å². The minimum Gasteiger partial charge on any atom is -0.383 e. The number of benzene rings is 1. The molecule has 0 spiro atoms. The van der Waals surface area contributed by atoms with E-state index < -0.39 is 5.41 Å². The Morgan fingerprint density at radius 1 is 1.32 bits per heavy atom. The van der Waals surface area contributed by atoms with Crippen molar-refractivity contribution < 1.29 is 18.7 Å². The summed E-state index contributed by atoms with van der Waals surface area (Å²) in [4.78, 5) is 17.1. The van der Waals surface area contributed by atoms with Crippen LogP contribution in [0.5, 0.6) is 0 Å². The first kappa shape index (κ1) is 20.4. The Labute approximate surface area is 165 Å². The van der Waals surface area contributed by atoms with Gasteiger partial charge in [-0.05, 0) is 49.4 Å². The summed E-state index contributed by atoms with van der Waals surface area (Å²) >= 11 is 0. The largest absolute Gasteiger partial charge is 0.383 e. The molecule has 3 rings (SSSR count). The van der Waals surface area contributed by atoms with Crippen LogP contribution in [0.1, 0.15) is 25.3 Å². The second-order valence-corrected chi connectivity index (χ2v) is 7.45. The SMILES string of the molecule is COC[C@@H](C)NC(=O)C1(Cc2ccc(-c3cccnc3)cc2F)CCOCC1. The molecule has 0 unspecified atom stereocenters. The first-order valence-electron chi connectivity index (χ1n) is 9.60. The summed E-state index contributed by atoms with van der Waals surface area (Å²) < 4.78 is 25.5. The third-order valence-electron chi connectivity index (χ3n) is 5.30. The number of aromatic nitrogens is 1. The van der Waals surface area contributed by atoms with Gasteiger partial charge in [-0.3, -0.25) is 9.78 Å². The summed E-state index contributed by atoms with van der Waals surface area (Å²) in [6.45, 7) is 3.34. The molecular formula is C22H27FN2O3. The number of amides is 1. The molecular weight excluding hydrogens is 359 g/mol. The van der Waals surface area contributed by atoms with E-state index >= 15 is 0 Å². The van der Waals surface area contributed by atoms with Gasteiger partial charge in [0.2, 0.25) is 5.91 Å². The van der Waals surface area contributed by atoms with Gasteiger partial charge in [-0.15, -0.1) is 0 Å². The molecule has 0 bridgehead atoms. The Morgan fingerprint density at radius 3 is 2.75 bits per heavy atom. The summed E-state index contributed by atoms with van der Waals surface area (Å²) in [5.41, 5.74) is 1.51. The predicted octanol–water partition coefficient (Wildman–Crippen LogP) is 3.38. The van der Waals surface area contributed by atoms with Crippen molar-refractivity contribution in [2.45, 2.75) is 32.2 Å². The Morgan fingerprint density at radius 2 is 2.11 bits per heavy atom. The van der Waals surface area contributed by atoms with Crippen molar-refractivity contribution in [3.63, 3.8) is 0 Å². The number of ether oxygens (including phenoxy) is 2. The van der Waals surface area contributed by atoms with Crippen LogP contribution < -0.4 is 5.32 Å². The van der Waals surface area contributed by atoms with Crippen LogP contribution in [0.3, 0.4) is 0 Å². The molecule has 1 amide bonds. The third kappa shape index (κ3) is 4.75. The van der Waals surface area contributed by atoms with Crippen LogP contribution >= 0.6 is 0 Å². The van der Waals surface area contributed by atoms with Crippen molar-refractivity contribution in [3.05, 3.63) is 54.1 Å². The molecule has 1 aromatic heterocycles. The topological polar surface area (TPSA) is 60.5 Å². The number of carbonyl (C=O) groups is 1. The van der Waals surface area contributed by atoms with Crippen molar-refractivity contribution in [1.29, 1.82) is 0 Å². The van der Waals surface area contributed by atoms with Crippen molar-refractivity contribution in [2.75, 3.05) is 26.9 Å². The van der Waals surface area contributed by atoms with Crippen LogP contribution in [0.15, 0.2) is 42.7 Å². The van der Waals surface area contributed by atoms with Gasteiger partial charge in [0.1, 0.15) is 5.82 Å². The van der Waals surface area contributed by atoms with Gasteiger partial charge in [0.15, 0.2) is 0 Å². The van der Waals surface area contributed by atoms with Crippen LogP contribution in [0, 0.1) is 11.2 Å². The maximum Gasteiger partial charge on any atom is 0.227 e. The third-order valence-corrected chi connectivity index (χ3v) is 5.30. The Bertz CT molecular complexity index is 792. The highest BCUT2D eigenvalue weighted by molar-refractivity contribution is 5.83. The van der Waals surface area contributed by atoms with E-state index in [0.29, 0.717) is 44.6 Å². The highest BCUT2D eigenvalue weighted by Crippen LogP contribution is 2.36. The molecule has 1 aliphatic rings. The van der Waals surface area contributed by atoms with E-state index in [1.165, 1.54) is 6.07 Å². The molecule has 28 heavy (non-hydrogen) atoms. The van der Waals surface area contributed by atoms with Gasteiger partial charge in [-0.2, -0.15) is 0 Å². The Hall–Kier alpha value is -2.31. The summed E-state index contributed by atoms with van der Waals surface area (Å²) in [6.07, 6.45) is 4.89. The molecule has 1 saturated heterocycles. The summed E-state index contributed by atoms with van der Waals surface area (Å²) in [7, 11) is 1.60. The highest BCUT2D eigenvalue weighted by atomic mass is 19.1. The molecule has 150 valence electrons. The molecule has 6 heteroatoms. The lowest BCUT2D eigenvalue weighted by Gasteiger charge is -2.37. The van der Waals surface area contributed by atoms with Crippen LogP contribution in [-0.2, 0) is 20.7 Å². The second kappa shape index (κ2) is 9.26. The van der Waals surface area contributed by atoms with E-state index in [0.717, 1.165) is 11.1 Å². The van der Waals surface area contributed by atoms with Crippen LogP contribution in [0.4, 0.5) is 4.39 Å². The van der Waals surface area contributed by atoms with Crippen molar-refractivity contribution >= 4 is 5.91 Å². The number of pyridine rings is 1. The lowest BCUT2D eigenvalue weighted by molar-refractivity contribution is -0.137. The Balaban J connectivity index is 1.82. The molecule has 2 heterocycles. The maximum absolute atomic E-state index is 14.9. The summed E-state index contributed by atoms with van der Waals surface area (Å²) in [6, 6.07) is 8.80. The van der Waals surface area contributed by atoms with Crippen LogP contribution in [-0.4, -0.2) is 43.9 Å². The Kier molecular flexibility index (Phi) is 6.75. The molecule has 1 fully saturated rings. The van der Waals surface area contributed by atoms with Gasteiger partial charge in [0.25, 0.3) is 0 Å². The van der Waals surface area contributed by atoms with Crippen molar-refractivity contribution in [2.24, 2.45) is 5.41 Å². The number of nitrogens with zero attached hydrogens (tertiary/aromatic N) is 1. The molecule has 5 nitrogen and oxygen atoms in total. The van der Waals surface area contributed by atoms with Crippen molar-refractivity contribution in [3.8, 4) is 11.1 Å². The van der Waals surface area contributed by atoms with E-state index in [1.54, 1.807) is 25.6 Å². The van der Waals surface area contributed by atoms with Gasteiger partial charge in [0.05, 0.1) is 12.0 Å². The fraction of sp³-hybridized carbons (Fsp3) is 0.455. The monoisotopic (exact) mass is 386 g/mol. The molecule has 1 aliphatic heterocycles. The fourth-order valence-electron chi connectivity index (χ4n) is 3.68. The molecule has 0 saturated carbocycles. The van der Waals surface area contributed by atoms with E-state index in [4.69, 9.17) is 9.47 Å². The van der Waals surface area contributed by atoms with Gasteiger partial charge in [-0.25, -0.2) is 4.39 Å². The number of hydrogen-bond acceptors (Lipinski definition) is 4. The smallest absolute Gasteiger partial charge is 0.227 e. The number of nitrogens with one attached hydrogen (secondary N) is 1. The standard InChI is InChI=1S/C22H27FN2O3/c1-16(15-27-2)25-21(26)22(7-10-28-11-8-22)13-18-6-5-17(12-20(18)23)19-4-3-9-24-14-19/h3-6,9,12,14,16H,7-8,10-11,13,15H2,1-2H3,(H,25,26)/t16-/m1/s1. The minimum atomic E-state index is -0.670. The minimum absolute atomic E-state index is 0.0592. The number of halogens is 1. The quantitative estimate of drug-likeness (QED) is 0.793.